The highest BCUT2D eigenvalue weighted by atomic mass is 32.1. The molecule has 0 amide bonds. The molecule has 0 unspecified atom stereocenters. The highest BCUT2D eigenvalue weighted by molar-refractivity contribution is 7.15. The molecule has 2 aromatic rings. The molecule has 2 aromatic heterocycles. The second kappa shape index (κ2) is 4.07. The molecule has 0 atom stereocenters. The van der Waals surface area contributed by atoms with Crippen molar-refractivity contribution >= 4 is 22.1 Å². The zero-order chi connectivity index (χ0) is 11.0. The van der Waals surface area contributed by atoms with Gasteiger partial charge >= 0.3 is 0 Å². The first kappa shape index (κ1) is 10.1. The standard InChI is InChI=1S/C11H16N4S/c1-12-8-9-10(14-4-2-3-5-14)13-11-15(9)6-7-16-11/h6-7,12H,2-5,8H2,1H3. The fraction of sp³-hybridized carbons (Fsp3) is 0.545. The summed E-state index contributed by atoms with van der Waals surface area (Å²) in [6.07, 6.45) is 4.70. The molecule has 1 fully saturated rings. The monoisotopic (exact) mass is 236 g/mol. The van der Waals surface area contributed by atoms with E-state index in [9.17, 15) is 0 Å². The van der Waals surface area contributed by atoms with Gasteiger partial charge in [-0.3, -0.25) is 4.40 Å². The molecule has 0 bridgehead atoms. The van der Waals surface area contributed by atoms with E-state index in [2.05, 4.69) is 26.2 Å². The summed E-state index contributed by atoms with van der Waals surface area (Å²) in [5.41, 5.74) is 1.29. The average molecular weight is 236 g/mol. The predicted molar refractivity (Wildman–Crippen MR) is 67.3 cm³/mol. The number of fused-ring (bicyclic) bond motifs is 1. The lowest BCUT2D eigenvalue weighted by Crippen LogP contribution is -2.21. The third-order valence-electron chi connectivity index (χ3n) is 3.09. The molecule has 1 aliphatic heterocycles. The Bertz CT molecular complexity index is 481. The Balaban J connectivity index is 2.06. The molecule has 0 radical (unpaired) electrons. The Kier molecular flexibility index (Phi) is 2.57. The van der Waals surface area contributed by atoms with E-state index in [1.807, 2.05) is 7.05 Å². The van der Waals surface area contributed by atoms with E-state index in [-0.39, 0.29) is 0 Å². The molecule has 1 N–H and O–H groups in total. The van der Waals surface area contributed by atoms with Crippen LogP contribution in [0.2, 0.25) is 0 Å². The van der Waals surface area contributed by atoms with Gasteiger partial charge in [0.1, 0.15) is 0 Å². The summed E-state index contributed by atoms with van der Waals surface area (Å²) in [6, 6.07) is 0. The van der Waals surface area contributed by atoms with E-state index >= 15 is 0 Å². The summed E-state index contributed by atoms with van der Waals surface area (Å²) in [7, 11) is 1.99. The van der Waals surface area contributed by atoms with Gasteiger partial charge in [0.15, 0.2) is 10.8 Å². The molecule has 0 saturated carbocycles. The average Bonchev–Trinajstić information content (AvgIpc) is 2.93. The van der Waals surface area contributed by atoms with Crippen molar-refractivity contribution in [3.63, 3.8) is 0 Å². The number of rotatable bonds is 3. The largest absolute Gasteiger partial charge is 0.355 e. The van der Waals surface area contributed by atoms with Crippen molar-refractivity contribution in [3.05, 3.63) is 17.3 Å². The maximum atomic E-state index is 4.74. The van der Waals surface area contributed by atoms with Gasteiger partial charge in [0.2, 0.25) is 0 Å². The van der Waals surface area contributed by atoms with E-state index < -0.39 is 0 Å². The molecule has 0 aromatic carbocycles. The number of thiazole rings is 1. The van der Waals surface area contributed by atoms with Crippen LogP contribution in [0.1, 0.15) is 18.5 Å². The molecule has 3 heterocycles. The molecule has 1 saturated heterocycles. The van der Waals surface area contributed by atoms with E-state index in [4.69, 9.17) is 4.98 Å². The minimum atomic E-state index is 0.879. The molecule has 3 rings (SSSR count). The second-order valence-electron chi connectivity index (χ2n) is 4.16. The molecule has 0 spiro atoms. The van der Waals surface area contributed by atoms with Crippen LogP contribution >= 0.6 is 11.3 Å². The highest BCUT2D eigenvalue weighted by Gasteiger charge is 2.20. The number of aromatic nitrogens is 2. The van der Waals surface area contributed by atoms with Crippen molar-refractivity contribution in [1.29, 1.82) is 0 Å². The Hall–Kier alpha value is -1.07. The van der Waals surface area contributed by atoms with Crippen LogP contribution in [0.5, 0.6) is 0 Å². The van der Waals surface area contributed by atoms with E-state index in [0.29, 0.717) is 0 Å². The van der Waals surface area contributed by atoms with Crippen molar-refractivity contribution in [2.24, 2.45) is 0 Å². The summed E-state index contributed by atoms with van der Waals surface area (Å²) >= 11 is 1.70. The molecule has 0 aliphatic carbocycles. The third kappa shape index (κ3) is 1.51. The lowest BCUT2D eigenvalue weighted by atomic mass is 10.4. The predicted octanol–water partition coefficient (Wildman–Crippen LogP) is 1.72. The zero-order valence-corrected chi connectivity index (χ0v) is 10.3. The first-order valence-electron chi connectivity index (χ1n) is 5.74. The van der Waals surface area contributed by atoms with Gasteiger partial charge in [0, 0.05) is 31.2 Å². The van der Waals surface area contributed by atoms with Crippen LogP contribution < -0.4 is 10.2 Å². The molecular formula is C11H16N4S. The van der Waals surface area contributed by atoms with Gasteiger partial charge in [0.05, 0.1) is 5.69 Å². The number of hydrogen-bond acceptors (Lipinski definition) is 4. The number of nitrogens with zero attached hydrogens (tertiary/aromatic N) is 3. The summed E-state index contributed by atoms with van der Waals surface area (Å²) < 4.78 is 2.20. The normalized spacial score (nSPS) is 16.4. The van der Waals surface area contributed by atoms with Crippen molar-refractivity contribution in [3.8, 4) is 0 Å². The van der Waals surface area contributed by atoms with Crippen LogP contribution in [0.15, 0.2) is 11.6 Å². The zero-order valence-electron chi connectivity index (χ0n) is 9.44. The van der Waals surface area contributed by atoms with Crippen molar-refractivity contribution in [2.45, 2.75) is 19.4 Å². The fourth-order valence-electron chi connectivity index (χ4n) is 2.34. The van der Waals surface area contributed by atoms with Crippen molar-refractivity contribution < 1.29 is 0 Å². The molecule has 86 valence electrons. The number of nitrogens with one attached hydrogen (secondary N) is 1. The van der Waals surface area contributed by atoms with Gasteiger partial charge in [-0.25, -0.2) is 4.98 Å². The maximum absolute atomic E-state index is 4.74. The highest BCUT2D eigenvalue weighted by Crippen LogP contribution is 2.27. The van der Waals surface area contributed by atoms with Crippen molar-refractivity contribution in [1.82, 2.24) is 14.7 Å². The molecular weight excluding hydrogens is 220 g/mol. The van der Waals surface area contributed by atoms with Crippen molar-refractivity contribution in [2.75, 3.05) is 25.0 Å². The number of anilines is 1. The van der Waals surface area contributed by atoms with E-state index in [1.54, 1.807) is 11.3 Å². The van der Waals surface area contributed by atoms with E-state index in [1.165, 1.54) is 24.4 Å². The second-order valence-corrected chi connectivity index (χ2v) is 5.04. The van der Waals surface area contributed by atoms with Crippen LogP contribution in [0.25, 0.3) is 4.96 Å². The fourth-order valence-corrected chi connectivity index (χ4v) is 3.06. The first-order valence-corrected chi connectivity index (χ1v) is 6.62. The smallest absolute Gasteiger partial charge is 0.195 e. The summed E-state index contributed by atoms with van der Waals surface area (Å²) in [5.74, 6) is 1.18. The third-order valence-corrected chi connectivity index (χ3v) is 3.85. The van der Waals surface area contributed by atoms with Gasteiger partial charge in [0.25, 0.3) is 0 Å². The number of imidazole rings is 1. The lowest BCUT2D eigenvalue weighted by Gasteiger charge is -2.16. The maximum Gasteiger partial charge on any atom is 0.195 e. The quantitative estimate of drug-likeness (QED) is 0.880. The topological polar surface area (TPSA) is 32.6 Å². The minimum absolute atomic E-state index is 0.879. The van der Waals surface area contributed by atoms with Crippen LogP contribution in [0.4, 0.5) is 5.82 Å². The van der Waals surface area contributed by atoms with Crippen LogP contribution in [-0.4, -0.2) is 29.5 Å². The Morgan fingerprint density at radius 3 is 3.00 bits per heavy atom. The molecule has 5 heteroatoms. The molecule has 16 heavy (non-hydrogen) atoms. The van der Waals surface area contributed by atoms with Gasteiger partial charge in [-0.05, 0) is 19.9 Å². The first-order chi connectivity index (χ1) is 7.90. The summed E-state index contributed by atoms with van der Waals surface area (Å²) in [5, 5.41) is 5.33. The summed E-state index contributed by atoms with van der Waals surface area (Å²) in [4.78, 5) is 8.25. The van der Waals surface area contributed by atoms with Crippen LogP contribution in [-0.2, 0) is 6.54 Å². The van der Waals surface area contributed by atoms with Crippen LogP contribution in [0.3, 0.4) is 0 Å². The number of hydrogen-bond donors (Lipinski definition) is 1. The van der Waals surface area contributed by atoms with Gasteiger partial charge in [-0.15, -0.1) is 11.3 Å². The van der Waals surface area contributed by atoms with E-state index in [0.717, 1.165) is 24.6 Å². The van der Waals surface area contributed by atoms with Gasteiger partial charge < -0.3 is 10.2 Å². The lowest BCUT2D eigenvalue weighted by molar-refractivity contribution is 0.775. The Morgan fingerprint density at radius 2 is 2.25 bits per heavy atom. The van der Waals surface area contributed by atoms with Gasteiger partial charge in [-0.1, -0.05) is 0 Å². The van der Waals surface area contributed by atoms with Gasteiger partial charge in [-0.2, -0.15) is 0 Å². The molecule has 4 nitrogen and oxygen atoms in total. The Labute approximate surface area is 98.9 Å². The Morgan fingerprint density at radius 1 is 1.44 bits per heavy atom. The minimum Gasteiger partial charge on any atom is -0.355 e. The van der Waals surface area contributed by atoms with Crippen LogP contribution in [0, 0.1) is 0 Å². The SMILES string of the molecule is CNCc1c(N2CCCC2)nc2sccn12. The summed E-state index contributed by atoms with van der Waals surface area (Å²) in [6.45, 7) is 3.19. The molecule has 1 aliphatic rings.